The minimum absolute atomic E-state index is 0.127. The van der Waals surface area contributed by atoms with Crippen LogP contribution in [0.1, 0.15) is 16.7 Å². The molecular weight excluding hydrogens is 176 g/mol. The number of benzene rings is 1. The van der Waals surface area contributed by atoms with Crippen molar-refractivity contribution < 1.29 is 9.84 Å². The first-order chi connectivity index (χ1) is 6.68. The Balaban J connectivity index is 2.36. The van der Waals surface area contributed by atoms with E-state index < -0.39 is 0 Å². The summed E-state index contributed by atoms with van der Waals surface area (Å²) in [6.45, 7) is 5.67. The Morgan fingerprint density at radius 2 is 2.00 bits per heavy atom. The molecule has 0 saturated carbocycles. The molecule has 1 heterocycles. The summed E-state index contributed by atoms with van der Waals surface area (Å²) in [6, 6.07) is 6.37. The average Bonchev–Trinajstić information content (AvgIpc) is 2.10. The Labute approximate surface area is 84.5 Å². The molecule has 14 heavy (non-hydrogen) atoms. The van der Waals surface area contributed by atoms with Gasteiger partial charge < -0.3 is 9.84 Å². The molecule has 1 aromatic carbocycles. The van der Waals surface area contributed by atoms with Crippen LogP contribution in [0, 0.1) is 13.8 Å². The van der Waals surface area contributed by atoms with Crippen LogP contribution in [0.4, 0.5) is 0 Å². The Morgan fingerprint density at radius 3 is 2.43 bits per heavy atom. The number of aliphatic hydroxyl groups is 1. The highest BCUT2D eigenvalue weighted by atomic mass is 16.5. The Morgan fingerprint density at radius 1 is 1.29 bits per heavy atom. The van der Waals surface area contributed by atoms with Crippen molar-refractivity contribution >= 4 is 0 Å². The molecule has 1 N–H and O–H groups in total. The molecule has 1 aliphatic rings. The molecule has 1 fully saturated rings. The maximum atomic E-state index is 9.37. The smallest absolute Gasteiger partial charge is 0.0651 e. The van der Waals surface area contributed by atoms with Crippen LogP contribution >= 0.6 is 0 Å². The standard InChI is InChI=1S/C12H16O2/c1-9-3-4-11(5-10(9)2)12(6-13)7-14-8-12/h3-5,13H,6-8H2,1-2H3. The summed E-state index contributed by atoms with van der Waals surface area (Å²) < 4.78 is 5.19. The Bertz CT molecular complexity index is 335. The Kier molecular flexibility index (Phi) is 2.33. The van der Waals surface area contributed by atoms with E-state index in [9.17, 15) is 5.11 Å². The second-order valence-corrected chi connectivity index (χ2v) is 4.23. The topological polar surface area (TPSA) is 29.5 Å². The predicted molar refractivity (Wildman–Crippen MR) is 55.5 cm³/mol. The first-order valence-corrected chi connectivity index (χ1v) is 4.94. The van der Waals surface area contributed by atoms with E-state index in [0.29, 0.717) is 13.2 Å². The fraction of sp³-hybridized carbons (Fsp3) is 0.500. The molecule has 1 aromatic rings. The molecule has 0 unspecified atom stereocenters. The summed E-state index contributed by atoms with van der Waals surface area (Å²) in [5, 5.41) is 9.37. The van der Waals surface area contributed by atoms with E-state index in [-0.39, 0.29) is 12.0 Å². The van der Waals surface area contributed by atoms with Crippen molar-refractivity contribution in [1.29, 1.82) is 0 Å². The molecule has 0 radical (unpaired) electrons. The van der Waals surface area contributed by atoms with Gasteiger partial charge in [-0.1, -0.05) is 18.2 Å². The van der Waals surface area contributed by atoms with Crippen LogP contribution in [-0.2, 0) is 10.2 Å². The largest absolute Gasteiger partial charge is 0.395 e. The van der Waals surface area contributed by atoms with Gasteiger partial charge in [0.1, 0.15) is 0 Å². The molecule has 0 aliphatic carbocycles. The quantitative estimate of drug-likeness (QED) is 0.770. The van der Waals surface area contributed by atoms with Gasteiger partial charge in [-0.05, 0) is 30.5 Å². The molecule has 1 aliphatic heterocycles. The summed E-state index contributed by atoms with van der Waals surface area (Å²) >= 11 is 0. The lowest BCUT2D eigenvalue weighted by Gasteiger charge is -2.40. The van der Waals surface area contributed by atoms with Gasteiger partial charge in [-0.3, -0.25) is 0 Å². The van der Waals surface area contributed by atoms with Crippen molar-refractivity contribution in [2.75, 3.05) is 19.8 Å². The predicted octanol–water partition coefficient (Wildman–Crippen LogP) is 1.56. The number of aryl methyl sites for hydroxylation is 2. The zero-order valence-corrected chi connectivity index (χ0v) is 8.71. The van der Waals surface area contributed by atoms with Crippen molar-refractivity contribution in [1.82, 2.24) is 0 Å². The van der Waals surface area contributed by atoms with Crippen LogP contribution in [0.5, 0.6) is 0 Å². The highest BCUT2D eigenvalue weighted by Crippen LogP contribution is 2.32. The molecule has 2 rings (SSSR count). The minimum atomic E-state index is -0.127. The number of hydrogen-bond acceptors (Lipinski definition) is 2. The van der Waals surface area contributed by atoms with Gasteiger partial charge >= 0.3 is 0 Å². The fourth-order valence-electron chi connectivity index (χ4n) is 1.77. The van der Waals surface area contributed by atoms with Crippen LogP contribution in [0.25, 0.3) is 0 Å². The van der Waals surface area contributed by atoms with Gasteiger partial charge in [0, 0.05) is 0 Å². The minimum Gasteiger partial charge on any atom is -0.395 e. The summed E-state index contributed by atoms with van der Waals surface area (Å²) in [7, 11) is 0. The fourth-order valence-corrected chi connectivity index (χ4v) is 1.77. The molecule has 0 spiro atoms. The maximum absolute atomic E-state index is 9.37. The zero-order chi connectivity index (χ0) is 10.2. The number of hydrogen-bond donors (Lipinski definition) is 1. The van der Waals surface area contributed by atoms with Crippen molar-refractivity contribution in [3.05, 3.63) is 34.9 Å². The molecule has 0 atom stereocenters. The number of ether oxygens (including phenoxy) is 1. The van der Waals surface area contributed by atoms with Crippen molar-refractivity contribution in [3.63, 3.8) is 0 Å². The number of rotatable bonds is 2. The van der Waals surface area contributed by atoms with Gasteiger partial charge in [0.25, 0.3) is 0 Å². The van der Waals surface area contributed by atoms with E-state index in [4.69, 9.17) is 4.74 Å². The van der Waals surface area contributed by atoms with E-state index in [2.05, 4.69) is 32.0 Å². The molecule has 0 amide bonds. The van der Waals surface area contributed by atoms with Crippen LogP contribution in [0.3, 0.4) is 0 Å². The first-order valence-electron chi connectivity index (χ1n) is 4.94. The van der Waals surface area contributed by atoms with Gasteiger partial charge in [0.05, 0.1) is 25.2 Å². The summed E-state index contributed by atoms with van der Waals surface area (Å²) in [6.07, 6.45) is 0. The molecule has 1 saturated heterocycles. The maximum Gasteiger partial charge on any atom is 0.0651 e. The molecule has 2 heteroatoms. The van der Waals surface area contributed by atoms with Crippen LogP contribution < -0.4 is 0 Å². The van der Waals surface area contributed by atoms with E-state index in [1.807, 2.05) is 0 Å². The zero-order valence-electron chi connectivity index (χ0n) is 8.71. The van der Waals surface area contributed by atoms with Crippen LogP contribution in [0.15, 0.2) is 18.2 Å². The molecule has 0 bridgehead atoms. The molecule has 2 nitrogen and oxygen atoms in total. The highest BCUT2D eigenvalue weighted by molar-refractivity contribution is 5.36. The van der Waals surface area contributed by atoms with E-state index >= 15 is 0 Å². The van der Waals surface area contributed by atoms with Gasteiger partial charge in [0.2, 0.25) is 0 Å². The summed E-state index contributed by atoms with van der Waals surface area (Å²) in [5.74, 6) is 0. The normalized spacial score (nSPS) is 19.1. The van der Waals surface area contributed by atoms with Gasteiger partial charge in [-0.15, -0.1) is 0 Å². The van der Waals surface area contributed by atoms with Gasteiger partial charge in [-0.25, -0.2) is 0 Å². The average molecular weight is 192 g/mol. The SMILES string of the molecule is Cc1ccc(C2(CO)COC2)cc1C. The van der Waals surface area contributed by atoms with E-state index in [0.717, 1.165) is 0 Å². The van der Waals surface area contributed by atoms with E-state index in [1.165, 1.54) is 16.7 Å². The third-order valence-corrected chi connectivity index (χ3v) is 3.18. The third kappa shape index (κ3) is 1.35. The molecule has 0 aromatic heterocycles. The lowest BCUT2D eigenvalue weighted by molar-refractivity contribution is -0.0841. The second kappa shape index (κ2) is 3.37. The summed E-state index contributed by atoms with van der Waals surface area (Å²) in [5.41, 5.74) is 3.65. The van der Waals surface area contributed by atoms with Crippen LogP contribution in [-0.4, -0.2) is 24.9 Å². The lowest BCUT2D eigenvalue weighted by Crippen LogP contribution is -2.49. The second-order valence-electron chi connectivity index (χ2n) is 4.23. The van der Waals surface area contributed by atoms with Crippen molar-refractivity contribution in [2.24, 2.45) is 0 Å². The monoisotopic (exact) mass is 192 g/mol. The van der Waals surface area contributed by atoms with E-state index in [1.54, 1.807) is 0 Å². The first kappa shape index (κ1) is 9.69. The number of aliphatic hydroxyl groups excluding tert-OH is 1. The highest BCUT2D eigenvalue weighted by Gasteiger charge is 2.39. The molecular formula is C12H16O2. The third-order valence-electron chi connectivity index (χ3n) is 3.18. The van der Waals surface area contributed by atoms with Gasteiger partial charge in [0.15, 0.2) is 0 Å². The van der Waals surface area contributed by atoms with Gasteiger partial charge in [-0.2, -0.15) is 0 Å². The summed E-state index contributed by atoms with van der Waals surface area (Å²) in [4.78, 5) is 0. The van der Waals surface area contributed by atoms with Crippen molar-refractivity contribution in [2.45, 2.75) is 19.3 Å². The Hall–Kier alpha value is -0.860. The molecule has 76 valence electrons. The van der Waals surface area contributed by atoms with Crippen LogP contribution in [0.2, 0.25) is 0 Å². The van der Waals surface area contributed by atoms with Crippen molar-refractivity contribution in [3.8, 4) is 0 Å². The lowest BCUT2D eigenvalue weighted by atomic mass is 9.78.